The fourth-order valence-corrected chi connectivity index (χ4v) is 3.03. The lowest BCUT2D eigenvalue weighted by Crippen LogP contribution is -2.45. The van der Waals surface area contributed by atoms with Gasteiger partial charge in [0.1, 0.15) is 0 Å². The highest BCUT2D eigenvalue weighted by atomic mass is 35.5. The number of aliphatic hydroxyl groups is 1. The van der Waals surface area contributed by atoms with Crippen molar-refractivity contribution in [1.29, 1.82) is 0 Å². The van der Waals surface area contributed by atoms with Crippen LogP contribution in [0.5, 0.6) is 0 Å². The Kier molecular flexibility index (Phi) is 5.02. The quantitative estimate of drug-likeness (QED) is 0.744. The number of hydrogen-bond donors (Lipinski definition) is 3. The number of rotatable bonds is 3. The third-order valence-corrected chi connectivity index (χ3v) is 4.75. The van der Waals surface area contributed by atoms with Gasteiger partial charge in [-0.15, -0.1) is 0 Å². The molecule has 4 N–H and O–H groups in total. The molecule has 0 spiro atoms. The topological polar surface area (TPSA) is 75.3 Å². The Morgan fingerprint density at radius 2 is 1.90 bits per heavy atom. The fourth-order valence-electron chi connectivity index (χ4n) is 2.54. The van der Waals surface area contributed by atoms with Crippen LogP contribution in [0.3, 0.4) is 0 Å². The van der Waals surface area contributed by atoms with Crippen LogP contribution in [0.25, 0.3) is 0 Å². The van der Waals surface area contributed by atoms with Gasteiger partial charge in [0.2, 0.25) is 0 Å². The van der Waals surface area contributed by atoms with E-state index < -0.39 is 5.60 Å². The van der Waals surface area contributed by atoms with Gasteiger partial charge in [-0.2, -0.15) is 0 Å². The summed E-state index contributed by atoms with van der Waals surface area (Å²) in [6.45, 7) is 2.41. The minimum atomic E-state index is -0.816. The third-order valence-electron chi connectivity index (χ3n) is 4.12. The summed E-state index contributed by atoms with van der Waals surface area (Å²) in [7, 11) is 0. The van der Waals surface area contributed by atoms with Crippen LogP contribution in [-0.4, -0.2) is 23.2 Å². The first-order valence-electron chi connectivity index (χ1n) is 7.06. The second-order valence-electron chi connectivity index (χ2n) is 5.94. The number of hydrogen-bond acceptors (Lipinski definition) is 3. The van der Waals surface area contributed by atoms with Crippen LogP contribution in [0.2, 0.25) is 10.0 Å². The van der Waals surface area contributed by atoms with Gasteiger partial charge in [-0.05, 0) is 43.7 Å². The fraction of sp³-hybridized carbons (Fsp3) is 0.533. The molecule has 1 amide bonds. The first kappa shape index (κ1) is 16.4. The predicted molar refractivity (Wildman–Crippen MR) is 85.8 cm³/mol. The van der Waals surface area contributed by atoms with Gasteiger partial charge >= 0.3 is 0 Å². The smallest absolute Gasteiger partial charge is 0.251 e. The summed E-state index contributed by atoms with van der Waals surface area (Å²) in [4.78, 5) is 12.1. The second-order valence-corrected chi connectivity index (χ2v) is 6.76. The van der Waals surface area contributed by atoms with Crippen LogP contribution in [0, 0.1) is 5.92 Å². The van der Waals surface area contributed by atoms with Crippen LogP contribution in [-0.2, 0) is 0 Å². The minimum Gasteiger partial charge on any atom is -0.396 e. The van der Waals surface area contributed by atoms with Crippen molar-refractivity contribution in [2.75, 3.05) is 12.3 Å². The highest BCUT2D eigenvalue weighted by Gasteiger charge is 2.32. The molecule has 0 aliphatic heterocycles. The van der Waals surface area contributed by atoms with Crippen LogP contribution >= 0.6 is 23.2 Å². The van der Waals surface area contributed by atoms with E-state index in [1.807, 2.05) is 0 Å². The number of amides is 1. The molecule has 0 aromatic heterocycles. The Balaban J connectivity index is 1.99. The maximum Gasteiger partial charge on any atom is 0.251 e. The summed E-state index contributed by atoms with van der Waals surface area (Å²) >= 11 is 11.8. The van der Waals surface area contributed by atoms with Crippen molar-refractivity contribution in [1.82, 2.24) is 5.32 Å². The molecule has 4 nitrogen and oxygen atoms in total. The standard InChI is InChI=1S/C15H20Cl2N2O2/c1-9-2-4-15(21,5-3-9)8-19-14(20)10-6-11(16)13(18)12(17)7-10/h6-7,9,21H,2-5,8,18H2,1H3,(H,19,20). The molecule has 2 rings (SSSR count). The number of nitrogen functional groups attached to an aromatic ring is 1. The van der Waals surface area contributed by atoms with Gasteiger partial charge in [0.25, 0.3) is 5.91 Å². The summed E-state index contributed by atoms with van der Waals surface area (Å²) in [6, 6.07) is 2.95. The van der Waals surface area contributed by atoms with Gasteiger partial charge in [0, 0.05) is 12.1 Å². The van der Waals surface area contributed by atoms with Crippen molar-refractivity contribution in [2.45, 2.75) is 38.2 Å². The van der Waals surface area contributed by atoms with Crippen molar-refractivity contribution in [2.24, 2.45) is 5.92 Å². The second kappa shape index (κ2) is 6.42. The zero-order valence-corrected chi connectivity index (χ0v) is 13.5. The largest absolute Gasteiger partial charge is 0.396 e. The molecule has 0 radical (unpaired) electrons. The Morgan fingerprint density at radius 1 is 1.38 bits per heavy atom. The number of carbonyl (C=O) groups excluding carboxylic acids is 1. The molecule has 6 heteroatoms. The summed E-state index contributed by atoms with van der Waals surface area (Å²) < 4.78 is 0. The summed E-state index contributed by atoms with van der Waals surface area (Å²) in [5.74, 6) is 0.321. The number of carbonyl (C=O) groups is 1. The van der Waals surface area contributed by atoms with Crippen molar-refractivity contribution >= 4 is 34.8 Å². The molecule has 0 heterocycles. The van der Waals surface area contributed by atoms with Gasteiger partial charge in [0.05, 0.1) is 21.3 Å². The lowest BCUT2D eigenvalue weighted by atomic mass is 9.79. The molecule has 0 atom stereocenters. The van der Waals surface area contributed by atoms with Crippen molar-refractivity contribution in [3.63, 3.8) is 0 Å². The molecule has 116 valence electrons. The van der Waals surface area contributed by atoms with Gasteiger partial charge in [-0.1, -0.05) is 30.1 Å². The van der Waals surface area contributed by atoms with E-state index in [-0.39, 0.29) is 28.2 Å². The van der Waals surface area contributed by atoms with E-state index in [1.54, 1.807) is 0 Å². The van der Waals surface area contributed by atoms with E-state index in [9.17, 15) is 9.90 Å². The SMILES string of the molecule is CC1CCC(O)(CNC(=O)c2cc(Cl)c(N)c(Cl)c2)CC1. The Bertz CT molecular complexity index is 517. The van der Waals surface area contributed by atoms with E-state index in [0.29, 0.717) is 24.3 Å². The third kappa shape index (κ3) is 4.02. The van der Waals surface area contributed by atoms with Crippen LogP contribution in [0.15, 0.2) is 12.1 Å². The molecular formula is C15H20Cl2N2O2. The average molecular weight is 331 g/mol. The lowest BCUT2D eigenvalue weighted by Gasteiger charge is -2.34. The van der Waals surface area contributed by atoms with Crippen molar-refractivity contribution in [3.05, 3.63) is 27.7 Å². The number of nitrogens with two attached hydrogens (primary N) is 1. The molecule has 0 saturated heterocycles. The van der Waals surface area contributed by atoms with E-state index >= 15 is 0 Å². The van der Waals surface area contributed by atoms with E-state index in [4.69, 9.17) is 28.9 Å². The van der Waals surface area contributed by atoms with Crippen LogP contribution in [0.4, 0.5) is 5.69 Å². The maximum atomic E-state index is 12.1. The Labute approximate surface area is 134 Å². The summed E-state index contributed by atoms with van der Waals surface area (Å²) in [5.41, 5.74) is 5.42. The van der Waals surface area contributed by atoms with Gasteiger partial charge < -0.3 is 16.2 Å². The molecule has 0 bridgehead atoms. The zero-order chi connectivity index (χ0) is 15.6. The highest BCUT2D eigenvalue weighted by molar-refractivity contribution is 6.39. The number of halogens is 2. The Hall–Kier alpha value is -0.970. The normalized spacial score (nSPS) is 25.6. The van der Waals surface area contributed by atoms with Crippen LogP contribution in [0.1, 0.15) is 43.0 Å². The average Bonchev–Trinajstić information content (AvgIpc) is 2.45. The first-order valence-corrected chi connectivity index (χ1v) is 7.81. The minimum absolute atomic E-state index is 0.234. The van der Waals surface area contributed by atoms with Gasteiger partial charge in [-0.25, -0.2) is 0 Å². The molecule has 1 aromatic rings. The van der Waals surface area contributed by atoms with Crippen molar-refractivity contribution < 1.29 is 9.90 Å². The Morgan fingerprint density at radius 3 is 2.43 bits per heavy atom. The lowest BCUT2D eigenvalue weighted by molar-refractivity contribution is -0.00539. The summed E-state index contributed by atoms with van der Waals surface area (Å²) in [6.07, 6.45) is 3.37. The van der Waals surface area contributed by atoms with E-state index in [1.165, 1.54) is 12.1 Å². The zero-order valence-electron chi connectivity index (χ0n) is 12.0. The molecule has 1 aliphatic carbocycles. The molecule has 1 fully saturated rings. The van der Waals surface area contributed by atoms with Gasteiger partial charge in [0.15, 0.2) is 0 Å². The first-order chi connectivity index (χ1) is 9.81. The molecule has 0 unspecified atom stereocenters. The number of benzene rings is 1. The molecular weight excluding hydrogens is 311 g/mol. The summed E-state index contributed by atoms with van der Waals surface area (Å²) in [5, 5.41) is 13.7. The van der Waals surface area contributed by atoms with E-state index in [0.717, 1.165) is 12.8 Å². The van der Waals surface area contributed by atoms with Crippen LogP contribution < -0.4 is 11.1 Å². The molecule has 1 saturated carbocycles. The molecule has 21 heavy (non-hydrogen) atoms. The predicted octanol–water partition coefficient (Wildman–Crippen LogP) is 3.25. The highest BCUT2D eigenvalue weighted by Crippen LogP contribution is 2.32. The molecule has 1 aromatic carbocycles. The van der Waals surface area contributed by atoms with Gasteiger partial charge in [-0.3, -0.25) is 4.79 Å². The van der Waals surface area contributed by atoms with Crippen molar-refractivity contribution in [3.8, 4) is 0 Å². The maximum absolute atomic E-state index is 12.1. The van der Waals surface area contributed by atoms with E-state index in [2.05, 4.69) is 12.2 Å². The number of anilines is 1. The molecule has 1 aliphatic rings. The number of nitrogens with one attached hydrogen (secondary N) is 1. The monoisotopic (exact) mass is 330 g/mol.